The first-order valence-corrected chi connectivity index (χ1v) is 3.90. The van der Waals surface area contributed by atoms with Gasteiger partial charge in [-0.1, -0.05) is 13.3 Å². The monoisotopic (exact) mass is 126 g/mol. The van der Waals surface area contributed by atoms with E-state index in [-0.39, 0.29) is 6.10 Å². The van der Waals surface area contributed by atoms with Crippen molar-refractivity contribution in [2.24, 2.45) is 11.3 Å². The molecule has 2 aliphatic rings. The van der Waals surface area contributed by atoms with E-state index in [1.807, 2.05) is 0 Å². The molecule has 0 radical (unpaired) electrons. The summed E-state index contributed by atoms with van der Waals surface area (Å²) in [7, 11) is 0. The largest absolute Gasteiger partial charge is 0.393 e. The van der Waals surface area contributed by atoms with Gasteiger partial charge >= 0.3 is 0 Å². The molecule has 2 fully saturated rings. The molecule has 0 aromatic carbocycles. The van der Waals surface area contributed by atoms with Gasteiger partial charge in [0.15, 0.2) is 0 Å². The molecule has 52 valence electrons. The maximum Gasteiger partial charge on any atom is 0.0573 e. The fourth-order valence-electron chi connectivity index (χ4n) is 2.25. The molecule has 0 aliphatic heterocycles. The van der Waals surface area contributed by atoms with E-state index < -0.39 is 0 Å². The zero-order valence-corrected chi connectivity index (χ0v) is 5.93. The lowest BCUT2D eigenvalue weighted by atomic mass is 9.88. The molecule has 0 spiro atoms. The van der Waals surface area contributed by atoms with Crippen LogP contribution in [0.2, 0.25) is 0 Å². The summed E-state index contributed by atoms with van der Waals surface area (Å²) >= 11 is 0. The van der Waals surface area contributed by atoms with Crippen LogP contribution in [0, 0.1) is 11.3 Å². The van der Waals surface area contributed by atoms with E-state index in [4.69, 9.17) is 0 Å². The van der Waals surface area contributed by atoms with E-state index in [9.17, 15) is 5.11 Å². The molecular weight excluding hydrogens is 112 g/mol. The van der Waals surface area contributed by atoms with Gasteiger partial charge in [-0.3, -0.25) is 0 Å². The third-order valence-electron chi connectivity index (χ3n) is 3.13. The minimum absolute atomic E-state index is 0.0451. The van der Waals surface area contributed by atoms with Gasteiger partial charge in [0, 0.05) is 0 Å². The number of hydrogen-bond donors (Lipinski definition) is 1. The Kier molecular flexibility index (Phi) is 0.963. The first kappa shape index (κ1) is 5.72. The van der Waals surface area contributed by atoms with E-state index in [0.29, 0.717) is 11.3 Å². The van der Waals surface area contributed by atoms with Crippen molar-refractivity contribution in [3.63, 3.8) is 0 Å². The Morgan fingerprint density at radius 1 is 1.56 bits per heavy atom. The summed E-state index contributed by atoms with van der Waals surface area (Å²) in [6, 6.07) is 0. The average Bonchev–Trinajstić information content (AvgIpc) is 2.43. The standard InChI is InChI=1S/C8H14O/c1-8-4-2-3-7(9)6(8)5-8/h6-7,9H,2-5H2,1H3/t6-,7-,8-/m0/s1. The fourth-order valence-corrected chi connectivity index (χ4v) is 2.25. The van der Waals surface area contributed by atoms with Gasteiger partial charge in [-0.05, 0) is 30.6 Å². The van der Waals surface area contributed by atoms with E-state index in [2.05, 4.69) is 6.92 Å². The van der Waals surface area contributed by atoms with Crippen molar-refractivity contribution >= 4 is 0 Å². The molecular formula is C8H14O. The normalized spacial score (nSPS) is 56.7. The molecule has 2 rings (SSSR count). The number of hydrogen-bond acceptors (Lipinski definition) is 1. The van der Waals surface area contributed by atoms with Crippen molar-refractivity contribution in [3.05, 3.63) is 0 Å². The lowest BCUT2D eigenvalue weighted by Crippen LogP contribution is -2.19. The summed E-state index contributed by atoms with van der Waals surface area (Å²) in [6.07, 6.45) is 4.99. The molecule has 0 unspecified atom stereocenters. The molecule has 0 aromatic rings. The van der Waals surface area contributed by atoms with Crippen LogP contribution in [0.25, 0.3) is 0 Å². The van der Waals surface area contributed by atoms with Crippen LogP contribution in [-0.2, 0) is 0 Å². The summed E-state index contributed by atoms with van der Waals surface area (Å²) in [6.45, 7) is 2.31. The highest BCUT2D eigenvalue weighted by Gasteiger charge is 2.54. The highest BCUT2D eigenvalue weighted by molar-refractivity contribution is 5.04. The molecule has 0 bridgehead atoms. The van der Waals surface area contributed by atoms with E-state index >= 15 is 0 Å². The van der Waals surface area contributed by atoms with Gasteiger partial charge < -0.3 is 5.11 Å². The smallest absolute Gasteiger partial charge is 0.0573 e. The van der Waals surface area contributed by atoms with Gasteiger partial charge in [-0.15, -0.1) is 0 Å². The van der Waals surface area contributed by atoms with Gasteiger partial charge in [0.2, 0.25) is 0 Å². The van der Waals surface area contributed by atoms with Crippen molar-refractivity contribution in [3.8, 4) is 0 Å². The van der Waals surface area contributed by atoms with Crippen molar-refractivity contribution in [1.82, 2.24) is 0 Å². The maximum absolute atomic E-state index is 9.38. The third-order valence-corrected chi connectivity index (χ3v) is 3.13. The second kappa shape index (κ2) is 1.51. The summed E-state index contributed by atoms with van der Waals surface area (Å²) in [5.41, 5.74) is 0.567. The van der Waals surface area contributed by atoms with Crippen LogP contribution in [-0.4, -0.2) is 11.2 Å². The zero-order valence-electron chi connectivity index (χ0n) is 5.93. The van der Waals surface area contributed by atoms with Crippen LogP contribution < -0.4 is 0 Å². The second-order valence-electron chi connectivity index (χ2n) is 3.92. The Hall–Kier alpha value is -0.0400. The number of fused-ring (bicyclic) bond motifs is 1. The van der Waals surface area contributed by atoms with Crippen molar-refractivity contribution in [1.29, 1.82) is 0 Å². The molecule has 0 aromatic heterocycles. The minimum Gasteiger partial charge on any atom is -0.393 e. The number of rotatable bonds is 0. The first-order valence-electron chi connectivity index (χ1n) is 3.90. The lowest BCUT2D eigenvalue weighted by Gasteiger charge is -2.21. The average molecular weight is 126 g/mol. The summed E-state index contributed by atoms with van der Waals surface area (Å²) in [5, 5.41) is 9.38. The molecule has 3 atom stereocenters. The van der Waals surface area contributed by atoms with E-state index in [0.717, 1.165) is 6.42 Å². The minimum atomic E-state index is 0.0451. The Morgan fingerprint density at radius 3 is 2.89 bits per heavy atom. The van der Waals surface area contributed by atoms with E-state index in [1.54, 1.807) is 0 Å². The van der Waals surface area contributed by atoms with Crippen LogP contribution in [0.1, 0.15) is 32.6 Å². The molecule has 0 saturated heterocycles. The predicted molar refractivity (Wildman–Crippen MR) is 36.1 cm³/mol. The van der Waals surface area contributed by atoms with Crippen LogP contribution in [0.5, 0.6) is 0 Å². The summed E-state index contributed by atoms with van der Waals surface area (Å²) in [5.74, 6) is 0.672. The van der Waals surface area contributed by atoms with Gasteiger partial charge in [-0.2, -0.15) is 0 Å². The second-order valence-corrected chi connectivity index (χ2v) is 3.92. The van der Waals surface area contributed by atoms with Gasteiger partial charge in [0.05, 0.1) is 6.10 Å². The predicted octanol–water partition coefficient (Wildman–Crippen LogP) is 1.56. The van der Waals surface area contributed by atoms with Crippen LogP contribution in [0.4, 0.5) is 0 Å². The molecule has 2 saturated carbocycles. The molecule has 1 nitrogen and oxygen atoms in total. The van der Waals surface area contributed by atoms with Crippen molar-refractivity contribution in [2.45, 2.75) is 38.7 Å². The molecule has 0 amide bonds. The highest BCUT2D eigenvalue weighted by atomic mass is 16.3. The maximum atomic E-state index is 9.38. The van der Waals surface area contributed by atoms with Gasteiger partial charge in [-0.25, -0.2) is 0 Å². The Balaban J connectivity index is 2.07. The number of aliphatic hydroxyl groups excluding tert-OH is 1. The fraction of sp³-hybridized carbons (Fsp3) is 1.00. The topological polar surface area (TPSA) is 20.2 Å². The summed E-state index contributed by atoms with van der Waals surface area (Å²) < 4.78 is 0. The van der Waals surface area contributed by atoms with Crippen LogP contribution >= 0.6 is 0 Å². The van der Waals surface area contributed by atoms with E-state index in [1.165, 1.54) is 19.3 Å². The molecule has 2 aliphatic carbocycles. The van der Waals surface area contributed by atoms with Gasteiger partial charge in [0.25, 0.3) is 0 Å². The van der Waals surface area contributed by atoms with Crippen LogP contribution in [0.15, 0.2) is 0 Å². The SMILES string of the molecule is C[C@@]12CCC[C@H](O)[C@@H]1C2. The molecule has 1 heteroatoms. The molecule has 1 N–H and O–H groups in total. The molecule has 0 heterocycles. The highest BCUT2D eigenvalue weighted by Crippen LogP contribution is 2.60. The zero-order chi connectivity index (χ0) is 6.48. The Bertz CT molecular complexity index is 133. The quantitative estimate of drug-likeness (QED) is 0.522. The third kappa shape index (κ3) is 0.710. The Labute approximate surface area is 56.1 Å². The van der Waals surface area contributed by atoms with Crippen LogP contribution in [0.3, 0.4) is 0 Å². The first-order chi connectivity index (χ1) is 4.22. The number of aliphatic hydroxyl groups is 1. The Morgan fingerprint density at radius 2 is 2.33 bits per heavy atom. The van der Waals surface area contributed by atoms with Gasteiger partial charge in [0.1, 0.15) is 0 Å². The summed E-state index contributed by atoms with van der Waals surface area (Å²) in [4.78, 5) is 0. The van der Waals surface area contributed by atoms with Crippen molar-refractivity contribution in [2.75, 3.05) is 0 Å². The molecule has 9 heavy (non-hydrogen) atoms. The van der Waals surface area contributed by atoms with Crippen molar-refractivity contribution < 1.29 is 5.11 Å². The lowest BCUT2D eigenvalue weighted by molar-refractivity contribution is 0.0977.